The number of anilines is 1. The van der Waals surface area contributed by atoms with E-state index >= 15 is 0 Å². The number of methoxy groups -OCH3 is 1. The van der Waals surface area contributed by atoms with Crippen LogP contribution in [0, 0.1) is 6.92 Å². The van der Waals surface area contributed by atoms with Crippen LogP contribution >= 0.6 is 0 Å². The lowest BCUT2D eigenvalue weighted by Crippen LogP contribution is -2.33. The van der Waals surface area contributed by atoms with E-state index in [1.165, 1.54) is 10.8 Å². The Kier molecular flexibility index (Phi) is 9.09. The van der Waals surface area contributed by atoms with Crippen molar-refractivity contribution in [3.05, 3.63) is 72.3 Å². The lowest BCUT2D eigenvalue weighted by molar-refractivity contribution is 0.417. The Bertz CT molecular complexity index is 1340. The molecule has 0 saturated heterocycles. The fourth-order valence-corrected chi connectivity index (χ4v) is 3.36. The largest absolute Gasteiger partial charge is 0.495 e. The maximum atomic E-state index is 10.5. The molecule has 0 atom stereocenters. The number of nitrogen functional groups attached to an aromatic ring is 1. The van der Waals surface area contributed by atoms with Gasteiger partial charge in [0, 0.05) is 0 Å². The molecule has 1 heterocycles. The van der Waals surface area contributed by atoms with Gasteiger partial charge in [0.05, 0.1) is 12.8 Å². The number of fused-ring (bicyclic) bond motifs is 1. The number of ether oxygens (including phenoxy) is 1. The Morgan fingerprint density at radius 2 is 1.47 bits per heavy atom. The van der Waals surface area contributed by atoms with Gasteiger partial charge in [0.2, 0.25) is 0 Å². The molecule has 0 aliphatic carbocycles. The fourth-order valence-electron chi connectivity index (χ4n) is 2.59. The van der Waals surface area contributed by atoms with E-state index in [9.17, 15) is 16.8 Å². The number of aryl methyl sites for hydroxylation is 1. The van der Waals surface area contributed by atoms with Gasteiger partial charge in [0.1, 0.15) is 18.8 Å². The summed E-state index contributed by atoms with van der Waals surface area (Å²) in [6.45, 7) is 1.34. The van der Waals surface area contributed by atoms with Gasteiger partial charge >= 0.3 is 20.4 Å². The average molecular weight is 509 g/mol. The molecule has 3 aromatic carbocycles. The zero-order chi connectivity index (χ0) is 25.4. The van der Waals surface area contributed by atoms with E-state index in [0.717, 1.165) is 11.3 Å². The van der Waals surface area contributed by atoms with Crippen LogP contribution in [0.25, 0.3) is 10.8 Å². The topological polar surface area (TPSA) is 172 Å². The highest BCUT2D eigenvalue weighted by molar-refractivity contribution is 8.01. The van der Waals surface area contributed by atoms with Gasteiger partial charge < -0.3 is 10.5 Å². The van der Waals surface area contributed by atoms with Gasteiger partial charge in [-0.05, 0) is 35.4 Å². The van der Waals surface area contributed by atoms with Crippen molar-refractivity contribution < 1.29 is 30.7 Å². The van der Waals surface area contributed by atoms with E-state index < -0.39 is 32.3 Å². The third-order valence-corrected chi connectivity index (χ3v) is 5.71. The summed E-state index contributed by atoms with van der Waals surface area (Å²) in [5.41, 5.74) is 7.45. The summed E-state index contributed by atoms with van der Waals surface area (Å²) in [7, 11) is -7.43. The number of rotatable bonds is 2. The van der Waals surface area contributed by atoms with Gasteiger partial charge in [-0.1, -0.05) is 54.6 Å². The summed E-state index contributed by atoms with van der Waals surface area (Å²) in [6.07, 6.45) is 0.533. The number of amidine groups is 1. The normalized spacial score (nSPS) is 13.2. The highest BCUT2D eigenvalue weighted by Gasteiger charge is 2.23. The maximum Gasteiger partial charge on any atom is 0.362 e. The van der Waals surface area contributed by atoms with Crippen LogP contribution in [0.3, 0.4) is 0 Å². The molecule has 0 spiro atoms. The minimum atomic E-state index is -4.55. The average Bonchev–Trinajstić information content (AvgIpc) is 2.79. The molecular formula is C21H24N4O7S2. The van der Waals surface area contributed by atoms with E-state index in [1.54, 1.807) is 7.11 Å². The molecule has 1 aliphatic heterocycles. The molecular weight excluding hydrogens is 484 g/mol. The first-order chi connectivity index (χ1) is 15.9. The van der Waals surface area contributed by atoms with E-state index in [0.29, 0.717) is 16.3 Å². The molecule has 34 heavy (non-hydrogen) atoms. The first-order valence-corrected chi connectivity index (χ1v) is 12.4. The van der Waals surface area contributed by atoms with Gasteiger partial charge in [-0.2, -0.15) is 16.8 Å². The van der Waals surface area contributed by atoms with E-state index in [2.05, 4.69) is 58.5 Å². The molecule has 4 rings (SSSR count). The van der Waals surface area contributed by atoms with Gasteiger partial charge in [-0.3, -0.25) is 9.11 Å². The van der Waals surface area contributed by atoms with E-state index in [-0.39, 0.29) is 0 Å². The van der Waals surface area contributed by atoms with Crippen LogP contribution in [-0.4, -0.2) is 55.5 Å². The van der Waals surface area contributed by atoms with E-state index in [4.69, 9.17) is 19.6 Å². The number of aliphatic imine (C=N–C) groups is 2. The lowest BCUT2D eigenvalue weighted by Gasteiger charge is -2.15. The quantitative estimate of drug-likeness (QED) is 0.350. The van der Waals surface area contributed by atoms with Crippen molar-refractivity contribution in [3.8, 4) is 5.75 Å². The van der Waals surface area contributed by atoms with Gasteiger partial charge in [0.15, 0.2) is 0 Å². The standard InChI is InChI=1S/C10H8.C8H11NO.C3H5N3O6S2/c1-2-6-10-8-4-3-7-9(10)5-1;1-6-3-4-8(10-2)7(9)5-6;7-13(8,9)3-4-1-6(2-5-3)14(10,11)12/h1-8H;3-5H,9H2,1-2H3;1H,2H2,(H,7,8,9)(H,10,11,12). The number of hydrogen-bond donors (Lipinski definition) is 3. The van der Waals surface area contributed by atoms with Crippen LogP contribution in [0.2, 0.25) is 0 Å². The first-order valence-electron chi connectivity index (χ1n) is 9.56. The van der Waals surface area contributed by atoms with Gasteiger partial charge in [0.25, 0.3) is 5.17 Å². The Balaban J connectivity index is 0.000000184. The molecule has 13 heteroatoms. The van der Waals surface area contributed by atoms with Crippen LogP contribution < -0.4 is 10.5 Å². The molecule has 11 nitrogen and oxygen atoms in total. The molecule has 0 bridgehead atoms. The van der Waals surface area contributed by atoms with Gasteiger partial charge in [-0.15, -0.1) is 0 Å². The highest BCUT2D eigenvalue weighted by atomic mass is 32.2. The lowest BCUT2D eigenvalue weighted by atomic mass is 10.1. The SMILES string of the molecule is COc1ccc(C)cc1N.O=S(=O)(O)C1=NCN(S(=O)(=O)O)C=N1.c1ccc2ccccc2c1. The third-order valence-electron chi connectivity index (χ3n) is 4.21. The molecule has 182 valence electrons. The highest BCUT2D eigenvalue weighted by Crippen LogP contribution is 2.20. The predicted molar refractivity (Wildman–Crippen MR) is 132 cm³/mol. The smallest absolute Gasteiger partial charge is 0.362 e. The third kappa shape index (κ3) is 8.12. The number of benzene rings is 3. The minimum Gasteiger partial charge on any atom is -0.495 e. The summed E-state index contributed by atoms with van der Waals surface area (Å²) >= 11 is 0. The van der Waals surface area contributed by atoms with Crippen LogP contribution in [0.5, 0.6) is 5.75 Å². The van der Waals surface area contributed by atoms with Crippen LogP contribution in [-0.2, 0) is 20.4 Å². The zero-order valence-electron chi connectivity index (χ0n) is 18.3. The number of nitrogens with zero attached hydrogens (tertiary/aromatic N) is 3. The molecule has 0 aromatic heterocycles. The van der Waals surface area contributed by atoms with E-state index in [1.807, 2.05) is 25.1 Å². The summed E-state index contributed by atoms with van der Waals surface area (Å²) in [5, 5.41) is 1.72. The number of hydrogen-bond acceptors (Lipinski definition) is 8. The van der Waals surface area contributed by atoms with Crippen LogP contribution in [0.1, 0.15) is 5.56 Å². The maximum absolute atomic E-state index is 10.5. The molecule has 0 amide bonds. The zero-order valence-corrected chi connectivity index (χ0v) is 19.9. The summed E-state index contributed by atoms with van der Waals surface area (Å²) in [6, 6.07) is 22.4. The number of nitrogens with two attached hydrogens (primary N) is 1. The van der Waals surface area contributed by atoms with Crippen molar-refractivity contribution in [2.45, 2.75) is 6.92 Å². The molecule has 0 fully saturated rings. The monoisotopic (exact) mass is 508 g/mol. The Hall–Kier alpha value is -3.52. The molecule has 4 N–H and O–H groups in total. The second kappa shape index (κ2) is 11.6. The van der Waals surface area contributed by atoms with Gasteiger partial charge in [-0.25, -0.2) is 14.3 Å². The Labute approximate surface area is 197 Å². The predicted octanol–water partition coefficient (Wildman–Crippen LogP) is 2.76. The molecule has 0 saturated carbocycles. The molecule has 0 unspecified atom stereocenters. The summed E-state index contributed by atoms with van der Waals surface area (Å²) < 4.78 is 63.9. The van der Waals surface area contributed by atoms with Crippen molar-refractivity contribution in [1.82, 2.24) is 4.31 Å². The molecule has 1 aliphatic rings. The second-order valence-electron chi connectivity index (χ2n) is 6.76. The van der Waals surface area contributed by atoms with Crippen molar-refractivity contribution >= 4 is 48.4 Å². The van der Waals surface area contributed by atoms with Crippen LogP contribution in [0.4, 0.5) is 5.69 Å². The second-order valence-corrected chi connectivity index (χ2v) is 9.44. The summed E-state index contributed by atoms with van der Waals surface area (Å²) in [5.74, 6) is 0.741. The molecule has 0 radical (unpaired) electrons. The fraction of sp³-hybridized carbons (Fsp3) is 0.143. The first kappa shape index (κ1) is 26.7. The van der Waals surface area contributed by atoms with Crippen molar-refractivity contribution in [1.29, 1.82) is 0 Å². The van der Waals surface area contributed by atoms with Crippen LogP contribution in [0.15, 0.2) is 76.7 Å². The summed E-state index contributed by atoms with van der Waals surface area (Å²) in [4.78, 5) is 6.14. The van der Waals surface area contributed by atoms with Crippen molar-refractivity contribution in [2.75, 3.05) is 19.5 Å². The Morgan fingerprint density at radius 1 is 0.941 bits per heavy atom. The Morgan fingerprint density at radius 3 is 1.82 bits per heavy atom. The minimum absolute atomic E-state index is 0.293. The molecule has 3 aromatic rings. The van der Waals surface area contributed by atoms with Crippen molar-refractivity contribution in [3.63, 3.8) is 0 Å². The van der Waals surface area contributed by atoms with Crippen molar-refractivity contribution in [2.24, 2.45) is 9.98 Å².